The van der Waals surface area contributed by atoms with Gasteiger partial charge in [0.25, 0.3) is 0 Å². The summed E-state index contributed by atoms with van der Waals surface area (Å²) in [5.74, 6) is 0. The Balaban J connectivity index is 0.00000392. The van der Waals surface area contributed by atoms with E-state index in [9.17, 15) is 0 Å². The third-order valence-corrected chi connectivity index (χ3v) is 5.22. The Morgan fingerprint density at radius 2 is 1.10 bits per heavy atom. The van der Waals surface area contributed by atoms with Gasteiger partial charge in [0.05, 0.1) is 22.8 Å². The Morgan fingerprint density at radius 3 is 1.48 bits per heavy atom. The molecule has 2 nitrogen and oxygen atoms in total. The predicted molar refractivity (Wildman–Crippen MR) is 127 cm³/mol. The molecular formula is C26H37N2Ni-. The van der Waals surface area contributed by atoms with E-state index in [2.05, 4.69) is 79.7 Å². The molecule has 0 saturated carbocycles. The van der Waals surface area contributed by atoms with E-state index in [1.165, 1.54) is 33.4 Å². The quantitative estimate of drug-likeness (QED) is 0.253. The summed E-state index contributed by atoms with van der Waals surface area (Å²) in [6, 6.07) is 9.01. The second kappa shape index (κ2) is 12.1. The van der Waals surface area contributed by atoms with Gasteiger partial charge < -0.3 is 7.43 Å². The molecule has 0 N–H and O–H groups in total. The van der Waals surface area contributed by atoms with Gasteiger partial charge in [0, 0.05) is 16.5 Å². The fraction of sp³-hybridized carbons (Fsp3) is 0.423. The predicted octanol–water partition coefficient (Wildman–Crippen LogP) is 7.63. The summed E-state index contributed by atoms with van der Waals surface area (Å²) in [4.78, 5) is 9.96. The molecule has 2 aromatic carbocycles. The molecule has 0 radical (unpaired) electrons. The van der Waals surface area contributed by atoms with Gasteiger partial charge in [-0.15, -0.1) is 0 Å². The van der Waals surface area contributed by atoms with Crippen LogP contribution >= 0.6 is 0 Å². The molecule has 0 aromatic heterocycles. The summed E-state index contributed by atoms with van der Waals surface area (Å²) in [5, 5.41) is 0. The van der Waals surface area contributed by atoms with Crippen LogP contribution in [-0.2, 0) is 35.8 Å². The van der Waals surface area contributed by atoms with Crippen LogP contribution in [0.3, 0.4) is 0 Å². The van der Waals surface area contributed by atoms with E-state index in [4.69, 9.17) is 9.98 Å². The van der Waals surface area contributed by atoms with Crippen LogP contribution in [0.4, 0.5) is 11.4 Å². The Hall–Kier alpha value is -1.73. The van der Waals surface area contributed by atoms with Gasteiger partial charge in [-0.3, -0.25) is 9.98 Å². The number of hydrogen-bond acceptors (Lipinski definition) is 2. The summed E-state index contributed by atoms with van der Waals surface area (Å²) >= 11 is 0. The van der Waals surface area contributed by atoms with Gasteiger partial charge in [0.1, 0.15) is 0 Å². The molecule has 29 heavy (non-hydrogen) atoms. The van der Waals surface area contributed by atoms with Crippen molar-refractivity contribution in [3.8, 4) is 0 Å². The SMILES string of the molecule is CCc1cc(CC)c(N=C(C)C(C)=Nc2c(C)cc(C)cc2C)c(CC)c1.[CH3-].[Ni]. The van der Waals surface area contributed by atoms with Crippen LogP contribution in [0.5, 0.6) is 0 Å². The Kier molecular flexibility index (Phi) is 11.4. The minimum absolute atomic E-state index is 0. The van der Waals surface area contributed by atoms with Crippen molar-refractivity contribution >= 4 is 22.8 Å². The molecule has 0 atom stereocenters. The van der Waals surface area contributed by atoms with Crippen molar-refractivity contribution in [3.05, 3.63) is 65.1 Å². The van der Waals surface area contributed by atoms with E-state index in [1.54, 1.807) is 0 Å². The molecule has 0 aliphatic carbocycles. The minimum atomic E-state index is 0. The van der Waals surface area contributed by atoms with Crippen LogP contribution in [0.2, 0.25) is 0 Å². The first-order valence-corrected chi connectivity index (χ1v) is 10.1. The maximum absolute atomic E-state index is 5.03. The Labute approximate surface area is 188 Å². The van der Waals surface area contributed by atoms with Crippen molar-refractivity contribution in [3.63, 3.8) is 0 Å². The van der Waals surface area contributed by atoms with Crippen LogP contribution in [0.1, 0.15) is 68.0 Å². The molecule has 162 valence electrons. The van der Waals surface area contributed by atoms with Gasteiger partial charge in [0.2, 0.25) is 0 Å². The first-order chi connectivity index (χ1) is 12.8. The molecule has 0 bridgehead atoms. The second-order valence-corrected chi connectivity index (χ2v) is 7.47. The summed E-state index contributed by atoms with van der Waals surface area (Å²) in [7, 11) is 0. The van der Waals surface area contributed by atoms with Gasteiger partial charge in [0.15, 0.2) is 0 Å². The third kappa shape index (κ3) is 6.64. The number of aliphatic imine (C=N–C) groups is 2. The van der Waals surface area contributed by atoms with Gasteiger partial charge >= 0.3 is 0 Å². The molecule has 3 heteroatoms. The molecule has 2 rings (SSSR count). The summed E-state index contributed by atoms with van der Waals surface area (Å²) in [6.07, 6.45) is 3.06. The molecule has 0 unspecified atom stereocenters. The van der Waals surface area contributed by atoms with Crippen LogP contribution in [0.25, 0.3) is 0 Å². The molecule has 0 saturated heterocycles. The van der Waals surface area contributed by atoms with E-state index in [0.717, 1.165) is 42.1 Å². The molecule has 0 heterocycles. The zero-order valence-electron chi connectivity index (χ0n) is 19.6. The van der Waals surface area contributed by atoms with E-state index < -0.39 is 0 Å². The number of hydrogen-bond donors (Lipinski definition) is 0. The summed E-state index contributed by atoms with van der Waals surface area (Å²) in [6.45, 7) is 17.2. The monoisotopic (exact) mass is 435 g/mol. The number of aryl methyl sites for hydroxylation is 6. The zero-order valence-corrected chi connectivity index (χ0v) is 20.6. The van der Waals surface area contributed by atoms with E-state index in [0.29, 0.717) is 0 Å². The second-order valence-electron chi connectivity index (χ2n) is 7.47. The normalized spacial score (nSPS) is 11.7. The number of benzene rings is 2. The largest absolute Gasteiger partial charge is 0.358 e. The topological polar surface area (TPSA) is 24.7 Å². The maximum atomic E-state index is 5.03. The average molecular weight is 436 g/mol. The van der Waals surface area contributed by atoms with Crippen LogP contribution in [0, 0.1) is 28.2 Å². The fourth-order valence-corrected chi connectivity index (χ4v) is 3.56. The molecular weight excluding hydrogens is 399 g/mol. The minimum Gasteiger partial charge on any atom is -0.358 e. The first-order valence-electron chi connectivity index (χ1n) is 10.1. The molecule has 0 fully saturated rings. The van der Waals surface area contributed by atoms with Gasteiger partial charge in [-0.2, -0.15) is 0 Å². The molecule has 0 aliphatic rings. The first kappa shape index (κ1) is 27.3. The molecule has 2 aromatic rings. The smallest absolute Gasteiger partial charge is 0.0697 e. The zero-order chi connectivity index (χ0) is 20.1. The van der Waals surface area contributed by atoms with Crippen molar-refractivity contribution in [1.82, 2.24) is 0 Å². The number of rotatable bonds is 6. The van der Waals surface area contributed by atoms with E-state index in [1.807, 2.05) is 0 Å². The molecule has 0 amide bonds. The number of nitrogens with zero attached hydrogens (tertiary/aromatic N) is 2. The third-order valence-electron chi connectivity index (χ3n) is 5.22. The Bertz CT molecular complexity index is 844. The van der Waals surface area contributed by atoms with Gasteiger partial charge in [-0.1, -0.05) is 50.6 Å². The summed E-state index contributed by atoms with van der Waals surface area (Å²) < 4.78 is 0. The van der Waals surface area contributed by atoms with Gasteiger partial charge in [-0.05, 0) is 81.7 Å². The van der Waals surface area contributed by atoms with Crippen LogP contribution < -0.4 is 0 Å². The maximum Gasteiger partial charge on any atom is 0.0697 e. The van der Waals surface area contributed by atoms with Crippen molar-refractivity contribution in [1.29, 1.82) is 0 Å². The summed E-state index contributed by atoms with van der Waals surface area (Å²) in [5.41, 5.74) is 12.0. The van der Waals surface area contributed by atoms with Crippen LogP contribution in [0.15, 0.2) is 34.3 Å². The van der Waals surface area contributed by atoms with Gasteiger partial charge in [-0.25, -0.2) is 0 Å². The Morgan fingerprint density at radius 1 is 0.690 bits per heavy atom. The molecule has 0 spiro atoms. The fourth-order valence-electron chi connectivity index (χ4n) is 3.56. The standard InChI is InChI=1S/C25H34N2.CH3.Ni/c1-9-21-14-22(10-2)25(23(11-3)15-21)27-20(8)19(7)26-24-17(5)12-16(4)13-18(24)6;;/h12-15H,9-11H2,1-8H3;1H3;/q;-1;. The van der Waals surface area contributed by atoms with Crippen molar-refractivity contribution < 1.29 is 16.5 Å². The van der Waals surface area contributed by atoms with E-state index in [-0.39, 0.29) is 23.9 Å². The van der Waals surface area contributed by atoms with Crippen LogP contribution in [-0.4, -0.2) is 11.4 Å². The van der Waals surface area contributed by atoms with E-state index >= 15 is 0 Å². The van der Waals surface area contributed by atoms with Crippen molar-refractivity contribution in [2.45, 2.75) is 74.7 Å². The average Bonchev–Trinajstić information content (AvgIpc) is 2.64. The molecule has 0 aliphatic heterocycles. The van der Waals surface area contributed by atoms with Crippen molar-refractivity contribution in [2.75, 3.05) is 0 Å². The van der Waals surface area contributed by atoms with Crippen molar-refractivity contribution in [2.24, 2.45) is 9.98 Å².